The molecule has 15 heavy (non-hydrogen) atoms. The molecule has 4 fully saturated rings. The SMILES string of the molecule is CCOC(O)C1C(N)[C@H]2CC[C@]13CC3C2. The zero-order valence-electron chi connectivity index (χ0n) is 9.36. The van der Waals surface area contributed by atoms with Gasteiger partial charge in [0, 0.05) is 18.6 Å². The first-order valence-electron chi connectivity index (χ1n) is 6.24. The van der Waals surface area contributed by atoms with E-state index in [4.69, 9.17) is 10.5 Å². The molecule has 86 valence electrons. The van der Waals surface area contributed by atoms with Gasteiger partial charge in [0.2, 0.25) is 0 Å². The molecule has 0 heterocycles. The molecule has 0 saturated heterocycles. The van der Waals surface area contributed by atoms with E-state index in [1.54, 1.807) is 0 Å². The van der Waals surface area contributed by atoms with Crippen LogP contribution in [0.1, 0.15) is 32.6 Å². The fraction of sp³-hybridized carbons (Fsp3) is 1.00. The van der Waals surface area contributed by atoms with Crippen LogP contribution in [-0.2, 0) is 4.74 Å². The maximum Gasteiger partial charge on any atom is 0.159 e. The van der Waals surface area contributed by atoms with Crippen LogP contribution in [0.5, 0.6) is 0 Å². The number of ether oxygens (including phenoxy) is 1. The minimum Gasteiger partial charge on any atom is -0.368 e. The summed E-state index contributed by atoms with van der Waals surface area (Å²) in [7, 11) is 0. The van der Waals surface area contributed by atoms with E-state index >= 15 is 0 Å². The quantitative estimate of drug-likeness (QED) is 0.687. The molecule has 4 unspecified atom stereocenters. The zero-order valence-corrected chi connectivity index (χ0v) is 9.36. The lowest BCUT2D eigenvalue weighted by Gasteiger charge is -2.48. The Morgan fingerprint density at radius 3 is 3.07 bits per heavy atom. The number of hydrogen-bond donors (Lipinski definition) is 2. The van der Waals surface area contributed by atoms with Gasteiger partial charge in [-0.2, -0.15) is 0 Å². The van der Waals surface area contributed by atoms with Gasteiger partial charge in [-0.05, 0) is 49.9 Å². The third-order valence-electron chi connectivity index (χ3n) is 5.11. The Kier molecular flexibility index (Phi) is 2.14. The smallest absolute Gasteiger partial charge is 0.159 e. The van der Waals surface area contributed by atoms with Crippen molar-refractivity contribution in [1.82, 2.24) is 0 Å². The van der Waals surface area contributed by atoms with E-state index in [9.17, 15) is 5.11 Å². The first-order chi connectivity index (χ1) is 7.19. The van der Waals surface area contributed by atoms with Crippen LogP contribution in [-0.4, -0.2) is 24.0 Å². The second-order valence-electron chi connectivity index (χ2n) is 5.62. The van der Waals surface area contributed by atoms with E-state index in [-0.39, 0.29) is 12.0 Å². The molecule has 0 aliphatic heterocycles. The third-order valence-corrected chi connectivity index (χ3v) is 5.11. The first kappa shape index (κ1) is 10.1. The second-order valence-corrected chi connectivity index (χ2v) is 5.62. The fourth-order valence-corrected chi connectivity index (χ4v) is 4.31. The molecule has 0 aromatic carbocycles. The lowest BCUT2D eigenvalue weighted by atomic mass is 9.61. The molecule has 1 spiro atoms. The highest BCUT2D eigenvalue weighted by Crippen LogP contribution is 2.72. The Labute approximate surface area is 91.0 Å². The van der Waals surface area contributed by atoms with Gasteiger partial charge in [-0.25, -0.2) is 0 Å². The number of nitrogens with two attached hydrogens (primary N) is 1. The van der Waals surface area contributed by atoms with E-state index in [1.807, 2.05) is 6.92 Å². The van der Waals surface area contributed by atoms with E-state index in [0.29, 0.717) is 17.9 Å². The Balaban J connectivity index is 1.82. The molecular weight excluding hydrogens is 190 g/mol. The van der Waals surface area contributed by atoms with Gasteiger partial charge in [0.25, 0.3) is 0 Å². The molecule has 3 N–H and O–H groups in total. The van der Waals surface area contributed by atoms with Crippen molar-refractivity contribution in [3.63, 3.8) is 0 Å². The van der Waals surface area contributed by atoms with Gasteiger partial charge in [-0.3, -0.25) is 0 Å². The lowest BCUT2D eigenvalue weighted by Crippen LogP contribution is -2.55. The van der Waals surface area contributed by atoms with E-state index < -0.39 is 6.29 Å². The first-order valence-corrected chi connectivity index (χ1v) is 6.24. The van der Waals surface area contributed by atoms with Crippen LogP contribution in [0.4, 0.5) is 0 Å². The number of aliphatic hydroxyl groups excluding tert-OH is 1. The highest BCUT2D eigenvalue weighted by Gasteiger charge is 2.68. The highest BCUT2D eigenvalue weighted by atomic mass is 16.6. The maximum atomic E-state index is 10.1. The van der Waals surface area contributed by atoms with Gasteiger partial charge >= 0.3 is 0 Å². The third kappa shape index (κ3) is 1.23. The summed E-state index contributed by atoms with van der Waals surface area (Å²) in [5, 5.41) is 10.1. The van der Waals surface area contributed by atoms with E-state index in [2.05, 4.69) is 0 Å². The standard InChI is InChI=1S/C12H21NO2/c1-2-15-11(14)9-10(13)7-3-4-12(9)6-8(12)5-7/h7-11,14H,2-6,13H2,1H3/t7-,8?,9?,10?,11?,12+/m0/s1. The second kappa shape index (κ2) is 3.19. The Morgan fingerprint density at radius 2 is 2.40 bits per heavy atom. The Bertz CT molecular complexity index is 270. The zero-order chi connectivity index (χ0) is 10.6. The molecule has 2 bridgehead atoms. The largest absolute Gasteiger partial charge is 0.368 e. The van der Waals surface area contributed by atoms with Crippen molar-refractivity contribution in [2.24, 2.45) is 28.9 Å². The van der Waals surface area contributed by atoms with Crippen LogP contribution in [0.3, 0.4) is 0 Å². The predicted octanol–water partition coefficient (Wildman–Crippen LogP) is 1.10. The molecule has 3 nitrogen and oxygen atoms in total. The van der Waals surface area contributed by atoms with Gasteiger partial charge in [-0.1, -0.05) is 0 Å². The molecule has 0 amide bonds. The van der Waals surface area contributed by atoms with Crippen molar-refractivity contribution in [1.29, 1.82) is 0 Å². The molecular formula is C12H21NO2. The molecule has 4 aliphatic rings. The average Bonchev–Trinajstić information content (AvgIpc) is 2.91. The summed E-state index contributed by atoms with van der Waals surface area (Å²) in [5.74, 6) is 1.69. The summed E-state index contributed by atoms with van der Waals surface area (Å²) in [6, 6.07) is 0.166. The van der Waals surface area contributed by atoms with Crippen molar-refractivity contribution in [2.75, 3.05) is 6.61 Å². The van der Waals surface area contributed by atoms with Crippen molar-refractivity contribution in [3.8, 4) is 0 Å². The number of fused-ring (bicyclic) bond motifs is 2. The Morgan fingerprint density at radius 1 is 1.60 bits per heavy atom. The summed E-state index contributed by atoms with van der Waals surface area (Å²) in [5.41, 5.74) is 6.63. The monoisotopic (exact) mass is 211 g/mol. The van der Waals surface area contributed by atoms with Crippen LogP contribution in [0, 0.1) is 23.2 Å². The van der Waals surface area contributed by atoms with Crippen LogP contribution in [0.25, 0.3) is 0 Å². The van der Waals surface area contributed by atoms with Gasteiger partial charge in [0.1, 0.15) is 0 Å². The summed E-state index contributed by atoms with van der Waals surface area (Å²) >= 11 is 0. The van der Waals surface area contributed by atoms with E-state index in [0.717, 1.165) is 5.92 Å². The van der Waals surface area contributed by atoms with Gasteiger partial charge < -0.3 is 15.6 Å². The molecule has 0 aromatic heterocycles. The number of rotatable bonds is 3. The topological polar surface area (TPSA) is 55.5 Å². The van der Waals surface area contributed by atoms with Crippen LogP contribution in [0.15, 0.2) is 0 Å². The molecule has 0 aromatic rings. The van der Waals surface area contributed by atoms with Crippen LogP contribution < -0.4 is 5.73 Å². The molecule has 0 radical (unpaired) electrons. The summed E-state index contributed by atoms with van der Waals surface area (Å²) in [6.45, 7) is 2.51. The van der Waals surface area contributed by atoms with Crippen molar-refractivity contribution in [3.05, 3.63) is 0 Å². The summed E-state index contributed by atoms with van der Waals surface area (Å²) in [6.07, 6.45) is 4.50. The molecule has 6 atom stereocenters. The highest BCUT2D eigenvalue weighted by molar-refractivity contribution is 5.17. The minimum atomic E-state index is -0.627. The predicted molar refractivity (Wildman–Crippen MR) is 57.0 cm³/mol. The normalized spacial score (nSPS) is 53.8. The number of aliphatic hydroxyl groups is 1. The van der Waals surface area contributed by atoms with Crippen molar-refractivity contribution >= 4 is 0 Å². The summed E-state index contributed by atoms with van der Waals surface area (Å²) in [4.78, 5) is 0. The van der Waals surface area contributed by atoms with Gasteiger partial charge in [0.15, 0.2) is 6.29 Å². The van der Waals surface area contributed by atoms with Crippen molar-refractivity contribution < 1.29 is 9.84 Å². The van der Waals surface area contributed by atoms with Crippen LogP contribution in [0.2, 0.25) is 0 Å². The lowest BCUT2D eigenvalue weighted by molar-refractivity contribution is -0.175. The van der Waals surface area contributed by atoms with Crippen molar-refractivity contribution in [2.45, 2.75) is 44.9 Å². The number of hydrogen-bond acceptors (Lipinski definition) is 3. The maximum absolute atomic E-state index is 10.1. The van der Waals surface area contributed by atoms with Gasteiger partial charge in [-0.15, -0.1) is 0 Å². The fourth-order valence-electron chi connectivity index (χ4n) is 4.31. The minimum absolute atomic E-state index is 0.166. The molecule has 4 rings (SSSR count). The molecule has 4 aliphatic carbocycles. The summed E-state index contributed by atoms with van der Waals surface area (Å²) < 4.78 is 5.37. The van der Waals surface area contributed by atoms with E-state index in [1.165, 1.54) is 25.7 Å². The molecule has 4 saturated carbocycles. The Hall–Kier alpha value is -0.120. The average molecular weight is 211 g/mol. The molecule has 3 heteroatoms. The van der Waals surface area contributed by atoms with Crippen LogP contribution >= 0.6 is 0 Å². The van der Waals surface area contributed by atoms with Gasteiger partial charge in [0.05, 0.1) is 0 Å².